The van der Waals surface area contributed by atoms with Gasteiger partial charge in [0.1, 0.15) is 6.29 Å². The van der Waals surface area contributed by atoms with Crippen molar-refractivity contribution in [3.8, 4) is 0 Å². The molecule has 0 aliphatic heterocycles. The molecule has 19 heavy (non-hydrogen) atoms. The molecule has 0 heterocycles. The van der Waals surface area contributed by atoms with Crippen LogP contribution in [0.25, 0.3) is 0 Å². The fraction of sp³-hybridized carbons (Fsp3) is 0.750. The highest BCUT2D eigenvalue weighted by molar-refractivity contribution is 5.83. The van der Waals surface area contributed by atoms with Gasteiger partial charge in [0.25, 0.3) is 0 Å². The number of nitrogens with zero attached hydrogens (tertiary/aromatic N) is 1. The molecule has 110 valence electrons. The minimum Gasteiger partial charge on any atom is -0.355 e. The topological polar surface area (TPSA) is 105 Å². The van der Waals surface area contributed by atoms with Crippen LogP contribution in [0, 0.1) is 0 Å². The predicted molar refractivity (Wildman–Crippen MR) is 72.5 cm³/mol. The third-order valence-electron chi connectivity index (χ3n) is 2.64. The molecular formula is C12H24N4O3. The van der Waals surface area contributed by atoms with E-state index in [-0.39, 0.29) is 18.4 Å². The molecule has 7 nitrogen and oxygen atoms in total. The Balaban J connectivity index is 3.68. The van der Waals surface area contributed by atoms with Gasteiger partial charge in [0.15, 0.2) is 0 Å². The Morgan fingerprint density at radius 3 is 2.63 bits per heavy atom. The Kier molecular flexibility index (Phi) is 9.64. The van der Waals surface area contributed by atoms with Gasteiger partial charge >= 0.3 is 0 Å². The number of hydrogen-bond acceptors (Lipinski definition) is 5. The van der Waals surface area contributed by atoms with E-state index in [4.69, 9.17) is 5.73 Å². The molecule has 0 bridgehead atoms. The average Bonchev–Trinajstić information content (AvgIpc) is 2.37. The van der Waals surface area contributed by atoms with Crippen LogP contribution in [-0.4, -0.2) is 62.8 Å². The van der Waals surface area contributed by atoms with E-state index in [1.54, 1.807) is 14.1 Å². The molecule has 0 aromatic carbocycles. The fourth-order valence-electron chi connectivity index (χ4n) is 1.55. The Labute approximate surface area is 113 Å². The van der Waals surface area contributed by atoms with E-state index in [9.17, 15) is 14.4 Å². The number of amides is 2. The first-order valence-corrected chi connectivity index (χ1v) is 6.38. The highest BCUT2D eigenvalue weighted by Gasteiger charge is 2.16. The number of hydrogen-bond donors (Lipinski definition) is 3. The number of nitrogens with two attached hydrogens (primary N) is 1. The van der Waals surface area contributed by atoms with Crippen molar-refractivity contribution in [2.75, 3.05) is 33.7 Å². The Morgan fingerprint density at radius 2 is 2.05 bits per heavy atom. The first kappa shape index (κ1) is 17.5. The third kappa shape index (κ3) is 8.28. The summed E-state index contributed by atoms with van der Waals surface area (Å²) in [6.45, 7) is 0.937. The summed E-state index contributed by atoms with van der Waals surface area (Å²) in [5, 5.41) is 5.50. The van der Waals surface area contributed by atoms with E-state index in [1.807, 2.05) is 0 Å². The van der Waals surface area contributed by atoms with E-state index in [0.29, 0.717) is 25.8 Å². The van der Waals surface area contributed by atoms with Crippen LogP contribution in [0.2, 0.25) is 0 Å². The lowest BCUT2D eigenvalue weighted by Crippen LogP contribution is -2.42. The molecule has 4 N–H and O–H groups in total. The molecule has 0 saturated carbocycles. The first-order chi connectivity index (χ1) is 9.02. The van der Waals surface area contributed by atoms with Gasteiger partial charge < -0.3 is 26.1 Å². The van der Waals surface area contributed by atoms with Crippen molar-refractivity contribution in [1.29, 1.82) is 0 Å². The van der Waals surface area contributed by atoms with Crippen molar-refractivity contribution in [3.05, 3.63) is 0 Å². The van der Waals surface area contributed by atoms with Gasteiger partial charge in [0.2, 0.25) is 11.8 Å². The lowest BCUT2D eigenvalue weighted by atomic mass is 10.1. The molecule has 1 atom stereocenters. The second-order valence-electron chi connectivity index (χ2n) is 4.37. The van der Waals surface area contributed by atoms with Crippen LogP contribution in [-0.2, 0) is 14.4 Å². The summed E-state index contributed by atoms with van der Waals surface area (Å²) in [6, 6.07) is -0.585. The van der Waals surface area contributed by atoms with Gasteiger partial charge in [0, 0.05) is 13.6 Å². The summed E-state index contributed by atoms with van der Waals surface area (Å²) in [4.78, 5) is 34.4. The normalized spacial score (nSPS) is 11.7. The molecule has 0 aromatic heterocycles. The summed E-state index contributed by atoms with van der Waals surface area (Å²) in [7, 11) is 3.26. The van der Waals surface area contributed by atoms with Gasteiger partial charge in [-0.2, -0.15) is 0 Å². The summed E-state index contributed by atoms with van der Waals surface area (Å²) >= 11 is 0. The average molecular weight is 272 g/mol. The molecule has 1 unspecified atom stereocenters. The Bertz CT molecular complexity index is 297. The smallest absolute Gasteiger partial charge is 0.239 e. The quantitative estimate of drug-likeness (QED) is 0.331. The van der Waals surface area contributed by atoms with Crippen molar-refractivity contribution < 1.29 is 14.4 Å². The molecular weight excluding hydrogens is 248 g/mol. The minimum atomic E-state index is -0.585. The van der Waals surface area contributed by atoms with E-state index in [1.165, 1.54) is 4.90 Å². The summed E-state index contributed by atoms with van der Waals surface area (Å²) in [6.07, 6.45) is 2.74. The van der Waals surface area contributed by atoms with Gasteiger partial charge in [-0.1, -0.05) is 0 Å². The molecule has 0 aliphatic rings. The van der Waals surface area contributed by atoms with Crippen LogP contribution in [0.3, 0.4) is 0 Å². The molecule has 0 rings (SSSR count). The van der Waals surface area contributed by atoms with E-state index < -0.39 is 6.04 Å². The van der Waals surface area contributed by atoms with Gasteiger partial charge in [-0.3, -0.25) is 9.59 Å². The van der Waals surface area contributed by atoms with Crippen molar-refractivity contribution in [3.63, 3.8) is 0 Å². The Morgan fingerprint density at radius 1 is 1.37 bits per heavy atom. The fourth-order valence-corrected chi connectivity index (χ4v) is 1.55. The maximum atomic E-state index is 11.7. The molecule has 2 amide bonds. The molecule has 0 radical (unpaired) electrons. The van der Waals surface area contributed by atoms with E-state index in [0.717, 1.165) is 12.8 Å². The van der Waals surface area contributed by atoms with E-state index >= 15 is 0 Å². The second kappa shape index (κ2) is 10.5. The lowest BCUT2D eigenvalue weighted by Gasteiger charge is -2.18. The van der Waals surface area contributed by atoms with Gasteiger partial charge in [-0.05, 0) is 26.3 Å². The maximum Gasteiger partial charge on any atom is 0.239 e. The Hall–Kier alpha value is -1.47. The molecule has 0 saturated heterocycles. The van der Waals surface area contributed by atoms with Crippen LogP contribution in [0.1, 0.15) is 19.3 Å². The zero-order chi connectivity index (χ0) is 14.7. The first-order valence-electron chi connectivity index (χ1n) is 6.38. The zero-order valence-corrected chi connectivity index (χ0v) is 11.6. The summed E-state index contributed by atoms with van der Waals surface area (Å²) in [5.41, 5.74) is 5.73. The van der Waals surface area contributed by atoms with Crippen LogP contribution in [0.4, 0.5) is 0 Å². The van der Waals surface area contributed by atoms with Gasteiger partial charge in [0.05, 0.1) is 19.1 Å². The van der Waals surface area contributed by atoms with Crippen LogP contribution in [0.5, 0.6) is 0 Å². The number of nitrogens with one attached hydrogen (secondary N) is 2. The molecule has 0 spiro atoms. The zero-order valence-electron chi connectivity index (χ0n) is 11.6. The number of aldehydes is 1. The van der Waals surface area contributed by atoms with Gasteiger partial charge in [-0.25, -0.2) is 0 Å². The molecule has 7 heteroatoms. The number of rotatable bonds is 10. The highest BCUT2D eigenvalue weighted by atomic mass is 16.2. The van der Waals surface area contributed by atoms with Crippen molar-refractivity contribution in [1.82, 2.24) is 15.5 Å². The highest BCUT2D eigenvalue weighted by Crippen LogP contribution is 2.01. The molecule has 0 aromatic rings. The van der Waals surface area contributed by atoms with Crippen molar-refractivity contribution in [2.24, 2.45) is 5.73 Å². The van der Waals surface area contributed by atoms with Crippen molar-refractivity contribution in [2.45, 2.75) is 25.3 Å². The monoisotopic (exact) mass is 272 g/mol. The van der Waals surface area contributed by atoms with Crippen LogP contribution >= 0.6 is 0 Å². The van der Waals surface area contributed by atoms with Crippen molar-refractivity contribution >= 4 is 18.1 Å². The maximum absolute atomic E-state index is 11.7. The molecule has 0 fully saturated rings. The summed E-state index contributed by atoms with van der Waals surface area (Å²) in [5.74, 6) is -0.278. The predicted octanol–water partition coefficient (Wildman–Crippen LogP) is -1.52. The SMILES string of the molecule is CNCC(=O)NCCCCC(N)C(=O)N(C)CC=O. The standard InChI is InChI=1S/C12H24N4O3/c1-14-9-11(18)15-6-4-3-5-10(13)12(19)16(2)7-8-17/h8,10,14H,3-7,9,13H2,1-2H3,(H,15,18). The number of likely N-dealkylation sites (N-methyl/N-ethyl adjacent to an activating group) is 2. The minimum absolute atomic E-state index is 0.0476. The second-order valence-corrected chi connectivity index (χ2v) is 4.37. The number of carbonyl (C=O) groups excluding carboxylic acids is 3. The number of carbonyl (C=O) groups is 3. The third-order valence-corrected chi connectivity index (χ3v) is 2.64. The molecule has 0 aliphatic carbocycles. The lowest BCUT2D eigenvalue weighted by molar-refractivity contribution is -0.133. The van der Waals surface area contributed by atoms with Crippen LogP contribution in [0.15, 0.2) is 0 Å². The largest absolute Gasteiger partial charge is 0.355 e. The van der Waals surface area contributed by atoms with Gasteiger partial charge in [-0.15, -0.1) is 0 Å². The van der Waals surface area contributed by atoms with E-state index in [2.05, 4.69) is 10.6 Å². The number of unbranched alkanes of at least 4 members (excludes halogenated alkanes) is 1. The summed E-state index contributed by atoms with van der Waals surface area (Å²) < 4.78 is 0. The van der Waals surface area contributed by atoms with Crippen LogP contribution < -0.4 is 16.4 Å².